The molecule has 2 aromatic heterocycles. The molecule has 5 aromatic carbocycles. The summed E-state index contributed by atoms with van der Waals surface area (Å²) in [5.41, 5.74) is 11.6. The lowest BCUT2D eigenvalue weighted by molar-refractivity contribution is 0.414. The van der Waals surface area contributed by atoms with Gasteiger partial charge < -0.3 is 14.2 Å². The van der Waals surface area contributed by atoms with Crippen LogP contribution in [0.1, 0.15) is 0 Å². The molecule has 7 aromatic rings. The summed E-state index contributed by atoms with van der Waals surface area (Å²) in [5.74, 6) is 4.02. The minimum atomic E-state index is -0.0961. The van der Waals surface area contributed by atoms with Gasteiger partial charge in [-0.05, 0) is 93.3 Å². The second-order valence-electron chi connectivity index (χ2n) is 11.7. The molecule has 4 heterocycles. The number of fused-ring (bicyclic) bond motifs is 4. The van der Waals surface area contributed by atoms with E-state index in [1.165, 1.54) is 16.7 Å². The maximum atomic E-state index is 6.50. The topological polar surface area (TPSA) is 53.5 Å². The van der Waals surface area contributed by atoms with Crippen molar-refractivity contribution in [2.45, 2.75) is 0 Å². The van der Waals surface area contributed by atoms with Gasteiger partial charge in [0.15, 0.2) is 0 Å². The van der Waals surface area contributed by atoms with Gasteiger partial charge in [-0.15, -0.1) is 0 Å². The number of rotatable bonds is 5. The van der Waals surface area contributed by atoms with Gasteiger partial charge in [0, 0.05) is 29.5 Å². The van der Waals surface area contributed by atoms with Gasteiger partial charge >= 0.3 is 0 Å². The van der Waals surface area contributed by atoms with Gasteiger partial charge in [-0.2, -0.15) is 0 Å². The Balaban J connectivity index is 1.17. The van der Waals surface area contributed by atoms with Gasteiger partial charge in [0.1, 0.15) is 28.7 Å². The molecule has 0 spiro atoms. The maximum Gasteiger partial charge on any atom is 0.260 e. The van der Waals surface area contributed by atoms with E-state index in [1.54, 1.807) is 13.3 Å². The molecule has 0 bridgehead atoms. The summed E-state index contributed by atoms with van der Waals surface area (Å²) in [5, 5.41) is 0. The molecular weight excluding hydrogens is 579 g/mol. The molecule has 0 atom stereocenters. The lowest BCUT2D eigenvalue weighted by Crippen LogP contribution is -2.57. The first-order valence-corrected chi connectivity index (χ1v) is 15.6. The Morgan fingerprint density at radius 3 is 1.74 bits per heavy atom. The Bertz CT molecular complexity index is 2310. The van der Waals surface area contributed by atoms with E-state index in [0.29, 0.717) is 0 Å². The van der Waals surface area contributed by atoms with Crippen molar-refractivity contribution < 1.29 is 14.2 Å². The summed E-state index contributed by atoms with van der Waals surface area (Å²) >= 11 is 0. The van der Waals surface area contributed by atoms with E-state index in [-0.39, 0.29) is 6.71 Å². The first-order chi connectivity index (χ1) is 23.2. The van der Waals surface area contributed by atoms with Gasteiger partial charge in [0.25, 0.3) is 6.71 Å². The normalized spacial score (nSPS) is 12.2. The summed E-state index contributed by atoms with van der Waals surface area (Å²) in [6, 6.07) is 45.8. The molecule has 0 saturated heterocycles. The van der Waals surface area contributed by atoms with E-state index >= 15 is 0 Å². The number of methoxy groups -OCH3 is 1. The van der Waals surface area contributed by atoms with Gasteiger partial charge in [0.05, 0.1) is 18.5 Å². The zero-order valence-electron chi connectivity index (χ0n) is 25.6. The molecule has 9 rings (SSSR count). The van der Waals surface area contributed by atoms with Gasteiger partial charge in [-0.3, -0.25) is 9.97 Å². The minimum absolute atomic E-state index is 0.0961. The Kier molecular flexibility index (Phi) is 6.39. The fourth-order valence-corrected chi connectivity index (χ4v) is 6.81. The summed E-state index contributed by atoms with van der Waals surface area (Å²) in [7, 11) is 1.67. The highest BCUT2D eigenvalue weighted by Crippen LogP contribution is 2.37. The van der Waals surface area contributed by atoms with Gasteiger partial charge in [-0.25, -0.2) is 0 Å². The van der Waals surface area contributed by atoms with E-state index in [4.69, 9.17) is 19.2 Å². The second kappa shape index (κ2) is 11.0. The Labute approximate surface area is 273 Å². The standard InChI is InChI=1S/C41H27BN2O3/c1-45-30-19-21-44-36(25-30)29-15-17-38-34(23-29)42-33-22-28(14-16-37(33)46-39-12-7-13-40(47-38)41(39)42)35-24-27(18-20-43-35)32-11-6-5-10-31(32)26-8-3-2-4-9-26/h2-25H,1H3. The van der Waals surface area contributed by atoms with Crippen LogP contribution < -0.4 is 30.6 Å². The molecule has 222 valence electrons. The van der Waals surface area contributed by atoms with Crippen LogP contribution in [0.15, 0.2) is 146 Å². The largest absolute Gasteiger partial charge is 0.497 e. The molecular formula is C41H27BN2O3. The predicted octanol–water partition coefficient (Wildman–Crippen LogP) is 7.88. The van der Waals surface area contributed by atoms with Crippen molar-refractivity contribution in [3.63, 3.8) is 0 Å². The van der Waals surface area contributed by atoms with Crippen LogP contribution in [0.3, 0.4) is 0 Å². The van der Waals surface area contributed by atoms with E-state index in [9.17, 15) is 0 Å². The third-order valence-corrected chi connectivity index (χ3v) is 9.04. The second-order valence-corrected chi connectivity index (χ2v) is 11.7. The Morgan fingerprint density at radius 1 is 0.489 bits per heavy atom. The summed E-state index contributed by atoms with van der Waals surface area (Å²) < 4.78 is 18.5. The fraction of sp³-hybridized carbons (Fsp3) is 0.0244. The molecule has 0 saturated carbocycles. The quantitative estimate of drug-likeness (QED) is 0.187. The zero-order chi connectivity index (χ0) is 31.3. The highest BCUT2D eigenvalue weighted by molar-refractivity contribution is 6.98. The molecule has 6 heteroatoms. The SMILES string of the molecule is COc1ccnc(-c2ccc3c(c2)B2c4cc(-c5cc(-c6ccccc6-c6ccccc6)ccn5)ccc4Oc4cccc(c42)O3)c1. The molecule has 0 aliphatic carbocycles. The average molecular weight is 606 g/mol. The minimum Gasteiger partial charge on any atom is -0.497 e. The Hall–Kier alpha value is -6.14. The van der Waals surface area contributed by atoms with Crippen molar-refractivity contribution in [1.29, 1.82) is 0 Å². The molecule has 2 aliphatic rings. The molecule has 5 nitrogen and oxygen atoms in total. The number of ether oxygens (including phenoxy) is 3. The highest BCUT2D eigenvalue weighted by atomic mass is 16.5. The van der Waals surface area contributed by atoms with Crippen molar-refractivity contribution in [1.82, 2.24) is 9.97 Å². The van der Waals surface area contributed by atoms with E-state index in [2.05, 4.69) is 96.0 Å². The smallest absolute Gasteiger partial charge is 0.260 e. The van der Waals surface area contributed by atoms with Crippen molar-refractivity contribution in [3.8, 4) is 73.5 Å². The van der Waals surface area contributed by atoms with Crippen LogP contribution in [-0.4, -0.2) is 23.8 Å². The van der Waals surface area contributed by atoms with Crippen LogP contribution in [0.5, 0.6) is 28.7 Å². The van der Waals surface area contributed by atoms with E-state index in [0.717, 1.165) is 73.2 Å². The molecule has 0 unspecified atom stereocenters. The average Bonchev–Trinajstić information content (AvgIpc) is 3.15. The number of pyridine rings is 2. The van der Waals surface area contributed by atoms with Crippen LogP contribution in [0.25, 0.3) is 44.8 Å². The summed E-state index contributed by atoms with van der Waals surface area (Å²) in [6.07, 6.45) is 3.67. The first kappa shape index (κ1) is 27.2. The number of nitrogens with zero attached hydrogens (tertiary/aromatic N) is 2. The van der Waals surface area contributed by atoms with Crippen molar-refractivity contribution in [2.75, 3.05) is 7.11 Å². The van der Waals surface area contributed by atoms with E-state index < -0.39 is 0 Å². The molecule has 2 aliphatic heterocycles. The van der Waals surface area contributed by atoms with E-state index in [1.807, 2.05) is 48.7 Å². The third kappa shape index (κ3) is 4.65. The lowest BCUT2D eigenvalue weighted by Gasteiger charge is -2.33. The molecule has 0 fully saturated rings. The first-order valence-electron chi connectivity index (χ1n) is 15.6. The van der Waals surface area contributed by atoms with Crippen molar-refractivity contribution in [3.05, 3.63) is 146 Å². The Morgan fingerprint density at radius 2 is 1.09 bits per heavy atom. The number of hydrogen-bond donors (Lipinski definition) is 0. The summed E-state index contributed by atoms with van der Waals surface area (Å²) in [6.45, 7) is -0.0961. The molecule has 0 radical (unpaired) electrons. The number of hydrogen-bond acceptors (Lipinski definition) is 5. The lowest BCUT2D eigenvalue weighted by atomic mass is 9.34. The van der Waals surface area contributed by atoms with Crippen LogP contribution in [0.4, 0.5) is 0 Å². The predicted molar refractivity (Wildman–Crippen MR) is 188 cm³/mol. The molecule has 0 amide bonds. The van der Waals surface area contributed by atoms with Crippen LogP contribution in [0.2, 0.25) is 0 Å². The van der Waals surface area contributed by atoms with Crippen LogP contribution in [0, 0.1) is 0 Å². The molecule has 0 N–H and O–H groups in total. The maximum absolute atomic E-state index is 6.50. The van der Waals surface area contributed by atoms with Crippen LogP contribution in [-0.2, 0) is 0 Å². The molecule has 47 heavy (non-hydrogen) atoms. The number of benzene rings is 5. The van der Waals surface area contributed by atoms with Gasteiger partial charge in [-0.1, -0.05) is 72.8 Å². The van der Waals surface area contributed by atoms with Crippen molar-refractivity contribution in [2.24, 2.45) is 0 Å². The fourth-order valence-electron chi connectivity index (χ4n) is 6.81. The van der Waals surface area contributed by atoms with Crippen molar-refractivity contribution >= 4 is 23.1 Å². The van der Waals surface area contributed by atoms with Gasteiger partial charge in [0.2, 0.25) is 0 Å². The monoisotopic (exact) mass is 606 g/mol. The number of aromatic nitrogens is 2. The zero-order valence-corrected chi connectivity index (χ0v) is 25.6. The summed E-state index contributed by atoms with van der Waals surface area (Å²) in [4.78, 5) is 9.48. The highest BCUT2D eigenvalue weighted by Gasteiger charge is 2.40. The third-order valence-electron chi connectivity index (χ3n) is 9.04. The van der Waals surface area contributed by atoms with Crippen LogP contribution >= 0.6 is 0 Å².